The molecule has 1 aromatic heterocycles. The van der Waals surface area contributed by atoms with E-state index < -0.39 is 0 Å². The Bertz CT molecular complexity index is 1070. The van der Waals surface area contributed by atoms with Gasteiger partial charge in [0.1, 0.15) is 0 Å². The number of rotatable bonds is 2. The van der Waals surface area contributed by atoms with Crippen LogP contribution in [-0.2, 0) is 0 Å². The molecular weight excluding hydrogens is 294 g/mol. The van der Waals surface area contributed by atoms with Gasteiger partial charge in [-0.25, -0.2) is 4.98 Å². The number of aromatic nitrogens is 1. The largest absolute Gasteiger partial charge is 0.398 e. The fourth-order valence-corrected chi connectivity index (χ4v) is 3.05. The van der Waals surface area contributed by atoms with Crippen molar-refractivity contribution < 1.29 is 0 Å². The van der Waals surface area contributed by atoms with Gasteiger partial charge in [-0.15, -0.1) is 0 Å². The van der Waals surface area contributed by atoms with E-state index in [-0.39, 0.29) is 0 Å². The molecule has 118 valence electrons. The van der Waals surface area contributed by atoms with Crippen molar-refractivity contribution in [2.24, 2.45) is 0 Å². The Morgan fingerprint density at radius 2 is 1.62 bits per heavy atom. The topological polar surface area (TPSA) is 50.9 Å². The summed E-state index contributed by atoms with van der Waals surface area (Å²) in [5.74, 6) is 0. The first-order valence-corrected chi connectivity index (χ1v) is 8.05. The number of hydrogen-bond donors (Lipinski definition) is 2. The highest BCUT2D eigenvalue weighted by Crippen LogP contribution is 2.34. The van der Waals surface area contributed by atoms with E-state index >= 15 is 0 Å². The van der Waals surface area contributed by atoms with E-state index in [1.165, 1.54) is 5.56 Å². The monoisotopic (exact) mass is 313 g/mol. The van der Waals surface area contributed by atoms with Crippen LogP contribution in [0.1, 0.15) is 11.1 Å². The molecule has 0 radical (unpaired) electrons. The number of anilines is 3. The van der Waals surface area contributed by atoms with Gasteiger partial charge in [0.15, 0.2) is 0 Å². The van der Waals surface area contributed by atoms with E-state index in [4.69, 9.17) is 10.7 Å². The van der Waals surface area contributed by atoms with Gasteiger partial charge in [-0.1, -0.05) is 42.5 Å². The molecule has 0 amide bonds. The number of fused-ring (bicyclic) bond motifs is 2. The van der Waals surface area contributed by atoms with Gasteiger partial charge >= 0.3 is 0 Å². The molecule has 0 bridgehead atoms. The maximum atomic E-state index is 6.07. The van der Waals surface area contributed by atoms with Crippen molar-refractivity contribution in [1.82, 2.24) is 4.98 Å². The third-order valence-corrected chi connectivity index (χ3v) is 4.46. The zero-order valence-electron chi connectivity index (χ0n) is 13.8. The fourth-order valence-electron chi connectivity index (χ4n) is 3.05. The minimum absolute atomic E-state index is 0.791. The molecule has 0 atom stereocenters. The third-order valence-electron chi connectivity index (χ3n) is 4.46. The van der Waals surface area contributed by atoms with E-state index in [0.29, 0.717) is 0 Å². The van der Waals surface area contributed by atoms with Gasteiger partial charge in [-0.05, 0) is 43.2 Å². The Morgan fingerprint density at radius 3 is 2.46 bits per heavy atom. The Hall–Kier alpha value is -3.07. The van der Waals surface area contributed by atoms with Crippen LogP contribution in [0.5, 0.6) is 0 Å². The number of hydrogen-bond acceptors (Lipinski definition) is 3. The van der Waals surface area contributed by atoms with Crippen molar-refractivity contribution in [2.75, 3.05) is 11.1 Å². The zero-order chi connectivity index (χ0) is 16.7. The van der Waals surface area contributed by atoms with Crippen LogP contribution in [0.25, 0.3) is 21.8 Å². The van der Waals surface area contributed by atoms with Gasteiger partial charge in [0.05, 0.1) is 16.7 Å². The number of nitrogens with one attached hydrogen (secondary N) is 1. The van der Waals surface area contributed by atoms with Crippen LogP contribution in [-0.4, -0.2) is 4.98 Å². The highest BCUT2D eigenvalue weighted by atomic mass is 14.9. The van der Waals surface area contributed by atoms with Crippen LogP contribution in [0.4, 0.5) is 17.1 Å². The predicted octanol–water partition coefficient (Wildman–Crippen LogP) is 5.33. The molecule has 24 heavy (non-hydrogen) atoms. The van der Waals surface area contributed by atoms with E-state index in [0.717, 1.165) is 44.4 Å². The molecule has 0 spiro atoms. The van der Waals surface area contributed by atoms with Gasteiger partial charge in [0.2, 0.25) is 0 Å². The molecule has 0 unspecified atom stereocenters. The molecule has 1 heterocycles. The van der Waals surface area contributed by atoms with Gasteiger partial charge in [0.25, 0.3) is 0 Å². The first kappa shape index (κ1) is 14.5. The summed E-state index contributed by atoms with van der Waals surface area (Å²) in [4.78, 5) is 4.85. The SMILES string of the molecule is Cc1ccc(Nc2c3ccccc3nc3c(C)cccc23)cc1N. The van der Waals surface area contributed by atoms with E-state index in [1.807, 2.05) is 31.2 Å². The smallest absolute Gasteiger partial charge is 0.0759 e. The highest BCUT2D eigenvalue weighted by Gasteiger charge is 2.11. The molecule has 4 aromatic rings. The van der Waals surface area contributed by atoms with E-state index in [1.54, 1.807) is 0 Å². The van der Waals surface area contributed by atoms with E-state index in [2.05, 4.69) is 48.6 Å². The van der Waals surface area contributed by atoms with Crippen molar-refractivity contribution in [1.29, 1.82) is 0 Å². The Kier molecular flexibility index (Phi) is 3.35. The van der Waals surface area contributed by atoms with Crippen LogP contribution >= 0.6 is 0 Å². The van der Waals surface area contributed by atoms with Crippen LogP contribution < -0.4 is 11.1 Å². The van der Waals surface area contributed by atoms with Crippen molar-refractivity contribution in [3.05, 3.63) is 71.8 Å². The second-order valence-corrected chi connectivity index (χ2v) is 6.17. The summed E-state index contributed by atoms with van der Waals surface area (Å²) in [6.07, 6.45) is 0. The number of para-hydroxylation sites is 2. The summed E-state index contributed by atoms with van der Waals surface area (Å²) >= 11 is 0. The molecule has 3 heteroatoms. The first-order chi connectivity index (χ1) is 11.6. The molecule has 0 aliphatic carbocycles. The average molecular weight is 313 g/mol. The number of nitrogens with zero attached hydrogens (tertiary/aromatic N) is 1. The lowest BCUT2D eigenvalue weighted by Crippen LogP contribution is -1.98. The zero-order valence-corrected chi connectivity index (χ0v) is 13.8. The van der Waals surface area contributed by atoms with Crippen LogP contribution in [0.15, 0.2) is 60.7 Å². The summed E-state index contributed by atoms with van der Waals surface area (Å²) < 4.78 is 0. The lowest BCUT2D eigenvalue weighted by molar-refractivity contribution is 1.41. The van der Waals surface area contributed by atoms with Crippen molar-refractivity contribution in [3.8, 4) is 0 Å². The third kappa shape index (κ3) is 2.35. The molecule has 3 N–H and O–H groups in total. The normalized spacial score (nSPS) is 11.1. The van der Waals surface area contributed by atoms with Crippen molar-refractivity contribution in [2.45, 2.75) is 13.8 Å². The molecule has 0 saturated heterocycles. The highest BCUT2D eigenvalue weighted by molar-refractivity contribution is 6.09. The standard InChI is InChI=1S/C21H19N3/c1-13-10-11-15(12-18(13)22)23-21-16-7-3-4-9-19(16)24-20-14(2)6-5-8-17(20)21/h3-12H,22H2,1-2H3,(H,23,24). The number of nitrogens with two attached hydrogens (primary N) is 1. The van der Waals surface area contributed by atoms with Gasteiger partial charge in [-0.2, -0.15) is 0 Å². The quantitative estimate of drug-likeness (QED) is 0.388. The number of benzene rings is 3. The number of pyridine rings is 1. The summed E-state index contributed by atoms with van der Waals surface area (Å²) in [5, 5.41) is 5.79. The lowest BCUT2D eigenvalue weighted by Gasteiger charge is -2.15. The van der Waals surface area contributed by atoms with Gasteiger partial charge < -0.3 is 11.1 Å². The lowest BCUT2D eigenvalue weighted by atomic mass is 10.0. The predicted molar refractivity (Wildman–Crippen MR) is 103 cm³/mol. The Labute approximate surface area is 141 Å². The molecular formula is C21H19N3. The summed E-state index contributed by atoms with van der Waals surface area (Å²) in [7, 11) is 0. The maximum absolute atomic E-state index is 6.07. The average Bonchev–Trinajstić information content (AvgIpc) is 2.59. The first-order valence-electron chi connectivity index (χ1n) is 8.05. The Morgan fingerprint density at radius 1 is 0.833 bits per heavy atom. The molecule has 0 fully saturated rings. The second kappa shape index (κ2) is 5.53. The van der Waals surface area contributed by atoms with Crippen molar-refractivity contribution in [3.63, 3.8) is 0 Å². The Balaban J connectivity index is 2.00. The summed E-state index contributed by atoms with van der Waals surface area (Å²) in [6, 6.07) is 20.6. The molecule has 0 aliphatic rings. The van der Waals surface area contributed by atoms with Crippen molar-refractivity contribution >= 4 is 38.9 Å². The van der Waals surface area contributed by atoms with Crippen LogP contribution in [0, 0.1) is 13.8 Å². The summed E-state index contributed by atoms with van der Waals surface area (Å²) in [5.41, 5.74) is 13.2. The number of aryl methyl sites for hydroxylation is 2. The van der Waals surface area contributed by atoms with Crippen LogP contribution in [0.2, 0.25) is 0 Å². The maximum Gasteiger partial charge on any atom is 0.0759 e. The van der Waals surface area contributed by atoms with E-state index in [9.17, 15) is 0 Å². The van der Waals surface area contributed by atoms with Gasteiger partial charge in [0, 0.05) is 22.1 Å². The van der Waals surface area contributed by atoms with Gasteiger partial charge in [-0.3, -0.25) is 0 Å². The molecule has 3 nitrogen and oxygen atoms in total. The minimum atomic E-state index is 0.791. The summed E-state index contributed by atoms with van der Waals surface area (Å²) in [6.45, 7) is 4.11. The minimum Gasteiger partial charge on any atom is -0.398 e. The molecule has 0 aliphatic heterocycles. The number of nitrogen functional groups attached to an aromatic ring is 1. The molecule has 4 rings (SSSR count). The fraction of sp³-hybridized carbons (Fsp3) is 0.0952. The van der Waals surface area contributed by atoms with Crippen LogP contribution in [0.3, 0.4) is 0 Å². The molecule has 3 aromatic carbocycles. The second-order valence-electron chi connectivity index (χ2n) is 6.17. The molecule has 0 saturated carbocycles.